The Labute approximate surface area is 307 Å². The van der Waals surface area contributed by atoms with Crippen LogP contribution in [0, 0.1) is 0 Å². The summed E-state index contributed by atoms with van der Waals surface area (Å²) < 4.78 is 17.9. The zero-order chi connectivity index (χ0) is 36.3. The van der Waals surface area contributed by atoms with E-state index in [1.54, 1.807) is 0 Å². The summed E-state index contributed by atoms with van der Waals surface area (Å²) in [6.07, 6.45) is 39.4. The summed E-state index contributed by atoms with van der Waals surface area (Å²) in [5, 5.41) is 2.98. The number of nitrogens with one attached hydrogen (secondary N) is 1. The quantitative estimate of drug-likeness (QED) is 0.0657. The van der Waals surface area contributed by atoms with E-state index in [4.69, 9.17) is 14.2 Å². The fourth-order valence-electron chi connectivity index (χ4n) is 6.45. The second-order valence-corrected chi connectivity index (χ2v) is 16.7. The molecule has 0 spiro atoms. The monoisotopic (exact) mass is 696 g/mol. The molecule has 0 aromatic carbocycles. The number of carbonyl (C=O) groups excluding carboxylic acids is 1. The van der Waals surface area contributed by atoms with Crippen LogP contribution in [-0.4, -0.2) is 43.2 Å². The smallest absolute Gasteiger partial charge is 0.407 e. The van der Waals surface area contributed by atoms with E-state index < -0.39 is 0 Å². The third-order valence-electron chi connectivity index (χ3n) is 9.72. The van der Waals surface area contributed by atoms with Crippen molar-refractivity contribution >= 4 is 6.09 Å². The molecule has 0 radical (unpaired) electrons. The Kier molecular flexibility index (Phi) is 33.7. The molecule has 0 bridgehead atoms. The molecular formula is C44H89NO4. The highest BCUT2D eigenvalue weighted by Crippen LogP contribution is 2.19. The molecule has 0 rings (SSSR count). The van der Waals surface area contributed by atoms with Gasteiger partial charge in [0.25, 0.3) is 0 Å². The van der Waals surface area contributed by atoms with Gasteiger partial charge in [-0.3, -0.25) is 0 Å². The molecule has 0 fully saturated rings. The Balaban J connectivity index is 4.20. The van der Waals surface area contributed by atoms with Crippen LogP contribution in [0.1, 0.15) is 241 Å². The van der Waals surface area contributed by atoms with Crippen molar-refractivity contribution in [3.05, 3.63) is 0 Å². The number of alkyl carbamates (subject to hydrolysis) is 1. The SMILES string of the molecule is CCCCCCCCCCCCCCCCCCC(CCCCCCCCCCCCC)OC(=O)NCCCOC(C)(C)COC(C)(C)C. The molecule has 0 aliphatic carbocycles. The molecule has 0 aromatic heterocycles. The first-order valence-corrected chi connectivity index (χ1v) is 21.8. The van der Waals surface area contributed by atoms with Crippen LogP contribution in [0.3, 0.4) is 0 Å². The van der Waals surface area contributed by atoms with Crippen molar-refractivity contribution in [1.29, 1.82) is 0 Å². The summed E-state index contributed by atoms with van der Waals surface area (Å²) in [5.74, 6) is 0. The number of ether oxygens (including phenoxy) is 3. The lowest BCUT2D eigenvalue weighted by Crippen LogP contribution is -2.36. The molecule has 49 heavy (non-hydrogen) atoms. The Bertz CT molecular complexity index is 689. The van der Waals surface area contributed by atoms with Crippen molar-refractivity contribution in [3.8, 4) is 0 Å². The van der Waals surface area contributed by atoms with Crippen LogP contribution in [0.2, 0.25) is 0 Å². The maximum absolute atomic E-state index is 12.7. The number of amides is 1. The topological polar surface area (TPSA) is 56.8 Å². The van der Waals surface area contributed by atoms with Crippen LogP contribution >= 0.6 is 0 Å². The molecule has 0 heterocycles. The lowest BCUT2D eigenvalue weighted by atomic mass is 10.0. The van der Waals surface area contributed by atoms with Gasteiger partial charge in [0, 0.05) is 13.2 Å². The van der Waals surface area contributed by atoms with Gasteiger partial charge >= 0.3 is 6.09 Å². The highest BCUT2D eigenvalue weighted by molar-refractivity contribution is 5.67. The fraction of sp³-hybridized carbons (Fsp3) is 0.977. The number of hydrogen-bond acceptors (Lipinski definition) is 4. The highest BCUT2D eigenvalue weighted by Gasteiger charge is 2.22. The van der Waals surface area contributed by atoms with Gasteiger partial charge in [0.2, 0.25) is 0 Å². The third kappa shape index (κ3) is 38.3. The van der Waals surface area contributed by atoms with Crippen molar-refractivity contribution in [2.75, 3.05) is 19.8 Å². The molecule has 5 nitrogen and oxygen atoms in total. The van der Waals surface area contributed by atoms with E-state index in [-0.39, 0.29) is 23.4 Å². The van der Waals surface area contributed by atoms with Crippen molar-refractivity contribution in [2.45, 2.75) is 258 Å². The minimum Gasteiger partial charge on any atom is -0.446 e. The van der Waals surface area contributed by atoms with Crippen LogP contribution in [0.4, 0.5) is 4.79 Å². The fourth-order valence-corrected chi connectivity index (χ4v) is 6.45. The average Bonchev–Trinajstić information content (AvgIpc) is 3.05. The van der Waals surface area contributed by atoms with E-state index in [0.29, 0.717) is 19.8 Å². The average molecular weight is 696 g/mol. The van der Waals surface area contributed by atoms with Gasteiger partial charge in [-0.2, -0.15) is 0 Å². The first-order chi connectivity index (χ1) is 23.6. The van der Waals surface area contributed by atoms with Gasteiger partial charge in [-0.1, -0.05) is 174 Å². The molecule has 0 aliphatic heterocycles. The number of unbranched alkanes of at least 4 members (excludes halogenated alkanes) is 25. The summed E-state index contributed by atoms with van der Waals surface area (Å²) in [6, 6.07) is 0. The maximum atomic E-state index is 12.7. The first kappa shape index (κ1) is 48.2. The van der Waals surface area contributed by atoms with E-state index in [0.717, 1.165) is 32.1 Å². The molecule has 294 valence electrons. The zero-order valence-corrected chi connectivity index (χ0v) is 34.5. The second-order valence-electron chi connectivity index (χ2n) is 16.7. The Morgan fingerprint density at radius 2 is 0.837 bits per heavy atom. The first-order valence-electron chi connectivity index (χ1n) is 21.8. The van der Waals surface area contributed by atoms with Crippen molar-refractivity contribution < 1.29 is 19.0 Å². The maximum Gasteiger partial charge on any atom is 0.407 e. The summed E-state index contributed by atoms with van der Waals surface area (Å²) in [6.45, 7) is 16.6. The van der Waals surface area contributed by atoms with E-state index in [1.165, 1.54) is 161 Å². The Morgan fingerprint density at radius 1 is 0.490 bits per heavy atom. The van der Waals surface area contributed by atoms with Crippen LogP contribution in [-0.2, 0) is 14.2 Å². The molecule has 1 amide bonds. The minimum absolute atomic E-state index is 0.0370. The predicted molar refractivity (Wildman–Crippen MR) is 214 cm³/mol. The summed E-state index contributed by atoms with van der Waals surface area (Å²) in [5.41, 5.74) is -0.525. The van der Waals surface area contributed by atoms with Crippen LogP contribution < -0.4 is 5.32 Å². The van der Waals surface area contributed by atoms with Crippen molar-refractivity contribution in [3.63, 3.8) is 0 Å². The standard InChI is InChI=1S/C44H89NO4/c1-8-10-12-14-16-18-20-21-22-23-24-26-28-30-32-34-37-41(36-33-31-29-27-25-19-17-15-13-11-9-2)49-42(46)45-38-35-39-47-44(6,7)40-48-43(3,4)5/h41H,8-40H2,1-7H3,(H,45,46). The number of hydrogen-bond donors (Lipinski definition) is 1. The van der Waals surface area contributed by atoms with E-state index in [2.05, 4.69) is 53.8 Å². The summed E-state index contributed by atoms with van der Waals surface area (Å²) >= 11 is 0. The number of rotatable bonds is 37. The van der Waals surface area contributed by atoms with E-state index in [9.17, 15) is 4.79 Å². The highest BCUT2D eigenvalue weighted by atomic mass is 16.6. The summed E-state index contributed by atoms with van der Waals surface area (Å²) in [4.78, 5) is 12.7. The minimum atomic E-state index is -0.347. The van der Waals surface area contributed by atoms with Gasteiger partial charge in [0.1, 0.15) is 6.10 Å². The van der Waals surface area contributed by atoms with Gasteiger partial charge in [0.05, 0.1) is 17.8 Å². The third-order valence-corrected chi connectivity index (χ3v) is 9.72. The molecule has 0 saturated heterocycles. The van der Waals surface area contributed by atoms with Crippen LogP contribution in [0.25, 0.3) is 0 Å². The van der Waals surface area contributed by atoms with Gasteiger partial charge in [-0.05, 0) is 66.7 Å². The van der Waals surface area contributed by atoms with Gasteiger partial charge < -0.3 is 19.5 Å². The zero-order valence-electron chi connectivity index (χ0n) is 34.5. The lowest BCUT2D eigenvalue weighted by Gasteiger charge is -2.30. The van der Waals surface area contributed by atoms with Gasteiger partial charge in [-0.15, -0.1) is 0 Å². The van der Waals surface area contributed by atoms with Gasteiger partial charge in [0.15, 0.2) is 0 Å². The largest absolute Gasteiger partial charge is 0.446 e. The molecule has 1 unspecified atom stereocenters. The normalized spacial score (nSPS) is 12.8. The lowest BCUT2D eigenvalue weighted by molar-refractivity contribution is -0.114. The van der Waals surface area contributed by atoms with E-state index in [1.807, 2.05) is 0 Å². The molecule has 0 aromatic rings. The Hall–Kier alpha value is -0.810. The van der Waals surface area contributed by atoms with E-state index >= 15 is 0 Å². The van der Waals surface area contributed by atoms with Crippen LogP contribution in [0.15, 0.2) is 0 Å². The molecule has 0 saturated carbocycles. The molecule has 1 atom stereocenters. The van der Waals surface area contributed by atoms with Crippen LogP contribution in [0.5, 0.6) is 0 Å². The van der Waals surface area contributed by atoms with Crippen molar-refractivity contribution in [2.24, 2.45) is 0 Å². The Morgan fingerprint density at radius 3 is 1.18 bits per heavy atom. The van der Waals surface area contributed by atoms with Crippen molar-refractivity contribution in [1.82, 2.24) is 5.32 Å². The second kappa shape index (κ2) is 34.3. The van der Waals surface area contributed by atoms with Gasteiger partial charge in [-0.25, -0.2) is 4.79 Å². The number of carbonyl (C=O) groups is 1. The summed E-state index contributed by atoms with van der Waals surface area (Å²) in [7, 11) is 0. The molecule has 0 aliphatic rings. The predicted octanol–water partition coefficient (Wildman–Crippen LogP) is 14.4. The molecule has 1 N–H and O–H groups in total. The molecular weight excluding hydrogens is 606 g/mol. The molecule has 5 heteroatoms.